The second kappa shape index (κ2) is 6.71. The average Bonchev–Trinajstić information content (AvgIpc) is 2.17. The Morgan fingerprint density at radius 3 is 2.25 bits per heavy atom. The molecule has 0 rings (SSSR count). The van der Waals surface area contributed by atoms with Crippen molar-refractivity contribution in [1.82, 2.24) is 0 Å². The van der Waals surface area contributed by atoms with Crippen molar-refractivity contribution >= 4 is 28.6 Å². The molecule has 0 spiro atoms. The third-order valence-electron chi connectivity index (χ3n) is 2.44. The van der Waals surface area contributed by atoms with Crippen LogP contribution in [0.5, 0.6) is 0 Å². The summed E-state index contributed by atoms with van der Waals surface area (Å²) in [6.45, 7) is 5.33. The van der Waals surface area contributed by atoms with Crippen LogP contribution in [0.2, 0.25) is 0 Å². The molecular weight excluding hydrogens is 329 g/mol. The lowest BCUT2D eigenvalue weighted by Gasteiger charge is -2.29. The Hall–Kier alpha value is 0.0600. The molecule has 1 atom stereocenters. The molecule has 0 aromatic heterocycles. The summed E-state index contributed by atoms with van der Waals surface area (Å²) in [5, 5.41) is 0. The number of halogens is 3. The maximum atomic E-state index is 13.5. The van der Waals surface area contributed by atoms with Crippen molar-refractivity contribution in [1.29, 1.82) is 0 Å². The Bertz CT molecular complexity index is 234. The van der Waals surface area contributed by atoms with Crippen molar-refractivity contribution in [3.8, 4) is 0 Å². The number of alkyl halides is 3. The summed E-state index contributed by atoms with van der Waals surface area (Å²) < 4.78 is 30.9. The van der Waals surface area contributed by atoms with Gasteiger partial charge >= 0.3 is 11.9 Å². The summed E-state index contributed by atoms with van der Waals surface area (Å²) in [7, 11) is 0. The van der Waals surface area contributed by atoms with Gasteiger partial charge in [0.25, 0.3) is 0 Å². The van der Waals surface area contributed by atoms with Gasteiger partial charge in [-0.05, 0) is 19.8 Å². The van der Waals surface area contributed by atoms with Crippen LogP contribution in [0, 0.1) is 0 Å². The average molecular weight is 348 g/mol. The van der Waals surface area contributed by atoms with Crippen LogP contribution in [0.1, 0.15) is 46.5 Å². The fourth-order valence-electron chi connectivity index (χ4n) is 1.54. The number of ether oxygens (including phenoxy) is 1. The number of carbonyl (C=O) groups is 1. The highest BCUT2D eigenvalue weighted by atomic mass is 127. The summed E-state index contributed by atoms with van der Waals surface area (Å²) in [6.07, 6.45) is 1.69. The van der Waals surface area contributed by atoms with Gasteiger partial charge in [0.15, 0.2) is 0 Å². The number of hydrogen-bond acceptors (Lipinski definition) is 2. The van der Waals surface area contributed by atoms with Gasteiger partial charge in [0.2, 0.25) is 0 Å². The van der Waals surface area contributed by atoms with Gasteiger partial charge < -0.3 is 4.74 Å². The van der Waals surface area contributed by atoms with E-state index in [1.54, 1.807) is 0 Å². The lowest BCUT2D eigenvalue weighted by molar-refractivity contribution is -0.173. The van der Waals surface area contributed by atoms with Crippen LogP contribution in [0.3, 0.4) is 0 Å². The van der Waals surface area contributed by atoms with E-state index in [0.29, 0.717) is 12.8 Å². The second-order valence-corrected chi connectivity index (χ2v) is 6.14. The molecule has 1 unspecified atom stereocenters. The first-order valence-electron chi connectivity index (χ1n) is 5.55. The number of carbonyl (C=O) groups excluding carboxylic acids is 1. The standard InChI is InChI=1S/C11H19F2IO2/c1-4-7-10(14,5-2)8-11(12,13)9(15)16-6-3/h4-8H2,1-3H3. The molecule has 0 amide bonds. The predicted molar refractivity (Wildman–Crippen MR) is 68.1 cm³/mol. The van der Waals surface area contributed by atoms with Gasteiger partial charge in [-0.3, -0.25) is 0 Å². The van der Waals surface area contributed by atoms with E-state index in [4.69, 9.17) is 0 Å². The molecule has 0 bridgehead atoms. The summed E-state index contributed by atoms with van der Waals surface area (Å²) in [5.41, 5.74) is 0. The lowest BCUT2D eigenvalue weighted by Crippen LogP contribution is -2.38. The third kappa shape index (κ3) is 4.93. The minimum absolute atomic E-state index is 0.0113. The fourth-order valence-corrected chi connectivity index (χ4v) is 2.56. The zero-order valence-electron chi connectivity index (χ0n) is 9.99. The van der Waals surface area contributed by atoms with E-state index in [0.717, 1.165) is 6.42 Å². The first-order chi connectivity index (χ1) is 7.31. The molecule has 0 heterocycles. The highest BCUT2D eigenvalue weighted by Crippen LogP contribution is 2.39. The molecule has 0 aliphatic heterocycles. The third-order valence-corrected chi connectivity index (χ3v) is 4.13. The van der Waals surface area contributed by atoms with Crippen LogP contribution < -0.4 is 0 Å². The monoisotopic (exact) mass is 348 g/mol. The lowest BCUT2D eigenvalue weighted by atomic mass is 9.93. The van der Waals surface area contributed by atoms with E-state index in [2.05, 4.69) is 4.74 Å². The highest BCUT2D eigenvalue weighted by molar-refractivity contribution is 14.1. The van der Waals surface area contributed by atoms with Gasteiger partial charge in [-0.15, -0.1) is 0 Å². The van der Waals surface area contributed by atoms with E-state index in [1.807, 2.05) is 36.4 Å². The minimum atomic E-state index is -3.37. The number of hydrogen-bond donors (Lipinski definition) is 0. The van der Waals surface area contributed by atoms with E-state index in [-0.39, 0.29) is 6.61 Å². The van der Waals surface area contributed by atoms with Gasteiger partial charge in [0.05, 0.1) is 6.61 Å². The van der Waals surface area contributed by atoms with Gasteiger partial charge in [0.1, 0.15) is 0 Å². The quantitative estimate of drug-likeness (QED) is 0.396. The van der Waals surface area contributed by atoms with Crippen molar-refractivity contribution in [3.63, 3.8) is 0 Å². The molecule has 0 fully saturated rings. The Kier molecular flexibility index (Phi) is 6.74. The molecule has 0 aliphatic carbocycles. The van der Waals surface area contributed by atoms with Crippen LogP contribution in [0.4, 0.5) is 8.78 Å². The first-order valence-corrected chi connectivity index (χ1v) is 6.63. The summed E-state index contributed by atoms with van der Waals surface area (Å²) in [5.74, 6) is -4.77. The SMILES string of the molecule is CCCC(I)(CC)CC(F)(F)C(=O)OCC. The van der Waals surface area contributed by atoms with Crippen LogP contribution in [-0.2, 0) is 9.53 Å². The Labute approximate surface area is 109 Å². The maximum Gasteiger partial charge on any atom is 0.377 e. The molecule has 0 saturated heterocycles. The van der Waals surface area contributed by atoms with E-state index in [1.165, 1.54) is 6.92 Å². The van der Waals surface area contributed by atoms with Crippen LogP contribution in [0.25, 0.3) is 0 Å². The van der Waals surface area contributed by atoms with Crippen molar-refractivity contribution in [2.75, 3.05) is 6.61 Å². The largest absolute Gasteiger partial charge is 0.462 e. The van der Waals surface area contributed by atoms with Gasteiger partial charge in [0, 0.05) is 9.84 Å². The smallest absolute Gasteiger partial charge is 0.377 e. The van der Waals surface area contributed by atoms with Gasteiger partial charge in [-0.25, -0.2) is 4.79 Å². The molecule has 96 valence electrons. The molecule has 5 heteroatoms. The minimum Gasteiger partial charge on any atom is -0.462 e. The van der Waals surface area contributed by atoms with Crippen LogP contribution in [0.15, 0.2) is 0 Å². The van der Waals surface area contributed by atoms with Gasteiger partial charge in [-0.2, -0.15) is 8.78 Å². The summed E-state index contributed by atoms with van der Waals surface area (Å²) in [6, 6.07) is 0. The molecule has 0 saturated carbocycles. The molecule has 0 aromatic carbocycles. The van der Waals surface area contributed by atoms with E-state index >= 15 is 0 Å². The summed E-state index contributed by atoms with van der Waals surface area (Å²) >= 11 is 2.04. The fraction of sp³-hybridized carbons (Fsp3) is 0.909. The zero-order valence-corrected chi connectivity index (χ0v) is 12.1. The molecular formula is C11H19F2IO2. The zero-order chi connectivity index (χ0) is 12.8. The highest BCUT2D eigenvalue weighted by Gasteiger charge is 2.46. The van der Waals surface area contributed by atoms with Crippen molar-refractivity contribution in [3.05, 3.63) is 0 Å². The molecule has 0 aliphatic rings. The molecule has 0 N–H and O–H groups in total. The maximum absolute atomic E-state index is 13.5. The van der Waals surface area contributed by atoms with Crippen molar-refractivity contribution in [2.24, 2.45) is 0 Å². The van der Waals surface area contributed by atoms with Crippen molar-refractivity contribution < 1.29 is 18.3 Å². The summed E-state index contributed by atoms with van der Waals surface area (Å²) in [4.78, 5) is 11.1. The number of rotatable bonds is 7. The van der Waals surface area contributed by atoms with Crippen molar-refractivity contribution in [2.45, 2.75) is 55.8 Å². The Morgan fingerprint density at radius 1 is 1.31 bits per heavy atom. The molecule has 2 nitrogen and oxygen atoms in total. The van der Waals surface area contributed by atoms with Crippen LogP contribution >= 0.6 is 22.6 Å². The second-order valence-electron chi connectivity index (χ2n) is 3.86. The molecule has 0 aromatic rings. The van der Waals surface area contributed by atoms with E-state index in [9.17, 15) is 13.6 Å². The first kappa shape index (κ1) is 16.1. The van der Waals surface area contributed by atoms with E-state index < -0.39 is 21.7 Å². The number of esters is 1. The Morgan fingerprint density at radius 2 is 1.88 bits per heavy atom. The Balaban J connectivity index is 4.59. The normalized spacial score (nSPS) is 15.6. The molecule has 16 heavy (non-hydrogen) atoms. The van der Waals surface area contributed by atoms with Gasteiger partial charge in [-0.1, -0.05) is 42.9 Å². The predicted octanol–water partition coefficient (Wildman–Crippen LogP) is 3.96. The van der Waals surface area contributed by atoms with Crippen LogP contribution in [-0.4, -0.2) is 21.9 Å². The molecule has 0 radical (unpaired) electrons. The topological polar surface area (TPSA) is 26.3 Å².